The molecule has 108 valence electrons. The highest BCUT2D eigenvalue weighted by Gasteiger charge is 2.47. The van der Waals surface area contributed by atoms with Gasteiger partial charge >= 0.3 is 11.9 Å². The van der Waals surface area contributed by atoms with E-state index in [0.29, 0.717) is 5.02 Å². The van der Waals surface area contributed by atoms with Crippen LogP contribution < -0.4 is 5.73 Å². The van der Waals surface area contributed by atoms with Crippen LogP contribution in [-0.4, -0.2) is 18.5 Å². The van der Waals surface area contributed by atoms with Crippen LogP contribution in [0.25, 0.3) is 0 Å². The van der Waals surface area contributed by atoms with E-state index in [1.54, 1.807) is 13.0 Å². The molecule has 0 saturated heterocycles. The molecule has 1 aromatic carbocycles. The average Bonchev–Trinajstić information content (AvgIpc) is 2.32. The van der Waals surface area contributed by atoms with Gasteiger partial charge in [0.1, 0.15) is 6.04 Å². The molecule has 0 unspecified atom stereocenters. The molecule has 3 nitrogen and oxygen atoms in total. The van der Waals surface area contributed by atoms with Gasteiger partial charge in [-0.15, -0.1) is 12.4 Å². The first-order chi connectivity index (χ1) is 8.30. The highest BCUT2D eigenvalue weighted by molar-refractivity contribution is 6.31. The zero-order chi connectivity index (χ0) is 13.9. The van der Waals surface area contributed by atoms with E-state index in [-0.39, 0.29) is 24.6 Å². The Labute approximate surface area is 121 Å². The minimum Gasteiger partial charge on any atom is -0.462 e. The molecular formula is C12H15Cl2F2NO2. The van der Waals surface area contributed by atoms with Gasteiger partial charge in [0.2, 0.25) is 0 Å². The molecular weight excluding hydrogens is 299 g/mol. The van der Waals surface area contributed by atoms with Crippen molar-refractivity contribution in [1.82, 2.24) is 0 Å². The van der Waals surface area contributed by atoms with Crippen LogP contribution in [-0.2, 0) is 9.53 Å². The SMILES string of the molecule is CCOC(=O)C(F)(F)[C@@H](N)c1ccc(C)c(Cl)c1.Cl. The van der Waals surface area contributed by atoms with E-state index in [1.165, 1.54) is 19.1 Å². The average molecular weight is 314 g/mol. The van der Waals surface area contributed by atoms with Crippen LogP contribution in [0.15, 0.2) is 18.2 Å². The van der Waals surface area contributed by atoms with Crippen LogP contribution in [0.1, 0.15) is 24.1 Å². The van der Waals surface area contributed by atoms with Gasteiger partial charge in [-0.3, -0.25) is 0 Å². The zero-order valence-electron chi connectivity index (χ0n) is 10.5. The summed E-state index contributed by atoms with van der Waals surface area (Å²) in [5.41, 5.74) is 6.24. The molecule has 0 spiro atoms. The summed E-state index contributed by atoms with van der Waals surface area (Å²) in [4.78, 5) is 11.1. The van der Waals surface area contributed by atoms with Crippen molar-refractivity contribution in [3.8, 4) is 0 Å². The maximum absolute atomic E-state index is 13.7. The van der Waals surface area contributed by atoms with E-state index >= 15 is 0 Å². The van der Waals surface area contributed by atoms with Gasteiger partial charge in [-0.05, 0) is 31.0 Å². The smallest absolute Gasteiger partial charge is 0.379 e. The third kappa shape index (κ3) is 4.03. The van der Waals surface area contributed by atoms with Crippen LogP contribution in [0, 0.1) is 6.92 Å². The first kappa shape index (κ1) is 18.1. The second-order valence-corrected chi connectivity index (χ2v) is 4.24. The van der Waals surface area contributed by atoms with Crippen molar-refractivity contribution in [3.63, 3.8) is 0 Å². The molecule has 1 atom stereocenters. The van der Waals surface area contributed by atoms with Crippen LogP contribution >= 0.6 is 24.0 Å². The Morgan fingerprint density at radius 2 is 2.11 bits per heavy atom. The molecule has 2 N–H and O–H groups in total. The van der Waals surface area contributed by atoms with Crippen molar-refractivity contribution in [2.24, 2.45) is 5.73 Å². The number of benzene rings is 1. The summed E-state index contributed by atoms with van der Waals surface area (Å²) >= 11 is 5.83. The summed E-state index contributed by atoms with van der Waals surface area (Å²) in [6, 6.07) is 2.53. The number of nitrogens with two attached hydrogens (primary N) is 1. The number of rotatable bonds is 4. The van der Waals surface area contributed by atoms with Gasteiger partial charge in [0, 0.05) is 5.02 Å². The second-order valence-electron chi connectivity index (χ2n) is 3.83. The number of carbonyl (C=O) groups excluding carboxylic acids is 1. The first-order valence-electron chi connectivity index (χ1n) is 5.37. The van der Waals surface area contributed by atoms with Crippen molar-refractivity contribution in [1.29, 1.82) is 0 Å². The predicted molar refractivity (Wildman–Crippen MR) is 71.9 cm³/mol. The fourth-order valence-electron chi connectivity index (χ4n) is 1.37. The molecule has 0 saturated carbocycles. The van der Waals surface area contributed by atoms with Gasteiger partial charge in [0.15, 0.2) is 0 Å². The maximum atomic E-state index is 13.7. The normalized spacial score (nSPS) is 12.5. The van der Waals surface area contributed by atoms with E-state index in [4.69, 9.17) is 17.3 Å². The number of ether oxygens (including phenoxy) is 1. The number of alkyl halides is 2. The van der Waals surface area contributed by atoms with Crippen LogP contribution in [0.2, 0.25) is 5.02 Å². The Balaban J connectivity index is 0.00000324. The number of esters is 1. The van der Waals surface area contributed by atoms with E-state index in [2.05, 4.69) is 4.74 Å². The molecule has 0 heterocycles. The van der Waals surface area contributed by atoms with Crippen molar-refractivity contribution in [2.45, 2.75) is 25.8 Å². The highest BCUT2D eigenvalue weighted by Crippen LogP contribution is 2.32. The third-order valence-electron chi connectivity index (χ3n) is 2.49. The van der Waals surface area contributed by atoms with Crippen molar-refractivity contribution >= 4 is 30.0 Å². The van der Waals surface area contributed by atoms with Crippen molar-refractivity contribution in [3.05, 3.63) is 34.3 Å². The van der Waals surface area contributed by atoms with Gasteiger partial charge in [0.05, 0.1) is 6.61 Å². The summed E-state index contributed by atoms with van der Waals surface area (Å²) in [7, 11) is 0. The van der Waals surface area contributed by atoms with Gasteiger partial charge in [-0.2, -0.15) is 8.78 Å². The van der Waals surface area contributed by atoms with E-state index in [1.807, 2.05) is 0 Å². The number of halogens is 4. The second kappa shape index (κ2) is 7.03. The van der Waals surface area contributed by atoms with E-state index in [9.17, 15) is 13.6 Å². The lowest BCUT2D eigenvalue weighted by Gasteiger charge is -2.22. The molecule has 0 aliphatic carbocycles. The monoisotopic (exact) mass is 313 g/mol. The van der Waals surface area contributed by atoms with Crippen LogP contribution in [0.3, 0.4) is 0 Å². The van der Waals surface area contributed by atoms with Gasteiger partial charge in [-0.25, -0.2) is 4.79 Å². The van der Waals surface area contributed by atoms with Crippen LogP contribution in [0.4, 0.5) is 8.78 Å². The standard InChI is InChI=1S/C12H14ClF2NO2.ClH/c1-3-18-11(17)12(14,15)10(16)8-5-4-7(2)9(13)6-8;/h4-6,10H,3,16H2,1-2H3;1H/t10-;/m0./s1. The lowest BCUT2D eigenvalue weighted by molar-refractivity contribution is -0.174. The van der Waals surface area contributed by atoms with Gasteiger partial charge in [-0.1, -0.05) is 23.7 Å². The summed E-state index contributed by atoms with van der Waals surface area (Å²) in [5, 5.41) is 0.322. The number of hydrogen-bond acceptors (Lipinski definition) is 3. The lowest BCUT2D eigenvalue weighted by Crippen LogP contribution is -2.41. The topological polar surface area (TPSA) is 52.3 Å². The van der Waals surface area contributed by atoms with Crippen molar-refractivity contribution < 1.29 is 18.3 Å². The molecule has 0 aliphatic rings. The first-order valence-corrected chi connectivity index (χ1v) is 5.75. The predicted octanol–water partition coefficient (Wildman–Crippen LogP) is 3.27. The van der Waals surface area contributed by atoms with E-state index < -0.39 is 17.9 Å². The van der Waals surface area contributed by atoms with Crippen molar-refractivity contribution in [2.75, 3.05) is 6.61 Å². The number of carbonyl (C=O) groups is 1. The maximum Gasteiger partial charge on any atom is 0.379 e. The molecule has 7 heteroatoms. The Morgan fingerprint density at radius 3 is 2.58 bits per heavy atom. The van der Waals surface area contributed by atoms with Crippen LogP contribution in [0.5, 0.6) is 0 Å². The number of aryl methyl sites for hydroxylation is 1. The third-order valence-corrected chi connectivity index (χ3v) is 2.90. The Bertz CT molecular complexity index is 455. The van der Waals surface area contributed by atoms with E-state index in [0.717, 1.165) is 5.56 Å². The molecule has 19 heavy (non-hydrogen) atoms. The molecule has 1 rings (SSSR count). The summed E-state index contributed by atoms with van der Waals surface area (Å²) in [5.74, 6) is -5.41. The summed E-state index contributed by atoms with van der Waals surface area (Å²) < 4.78 is 31.6. The quantitative estimate of drug-likeness (QED) is 0.868. The summed E-state index contributed by atoms with van der Waals surface area (Å²) in [6.07, 6.45) is 0. The molecule has 0 bridgehead atoms. The molecule has 0 amide bonds. The van der Waals surface area contributed by atoms with Gasteiger partial charge in [0.25, 0.3) is 0 Å². The Morgan fingerprint density at radius 1 is 1.53 bits per heavy atom. The lowest BCUT2D eigenvalue weighted by atomic mass is 10.0. The highest BCUT2D eigenvalue weighted by atomic mass is 35.5. The molecule has 0 fully saturated rings. The molecule has 0 aliphatic heterocycles. The minimum atomic E-state index is -3.78. The van der Waals surface area contributed by atoms with Gasteiger partial charge < -0.3 is 10.5 Å². The largest absolute Gasteiger partial charge is 0.462 e. The molecule has 0 aromatic heterocycles. The Hall–Kier alpha value is -0.910. The fraction of sp³-hybridized carbons (Fsp3) is 0.417. The summed E-state index contributed by atoms with van der Waals surface area (Å²) in [6.45, 7) is 3.05. The molecule has 1 aromatic rings. The molecule has 0 radical (unpaired) electrons. The fourth-order valence-corrected chi connectivity index (χ4v) is 1.56. The number of hydrogen-bond donors (Lipinski definition) is 1. The Kier molecular flexibility index (Phi) is 6.69. The zero-order valence-corrected chi connectivity index (χ0v) is 12.0. The minimum absolute atomic E-state index is 0.